The highest BCUT2D eigenvalue weighted by atomic mass is 16.5. The van der Waals surface area contributed by atoms with Crippen molar-refractivity contribution in [3.05, 3.63) is 18.2 Å². The third-order valence-electron chi connectivity index (χ3n) is 3.75. The summed E-state index contributed by atoms with van der Waals surface area (Å²) in [5.41, 5.74) is -1.24. The smallest absolute Gasteiger partial charge is 0.329 e. The standard InChI is InChI=1S/C13H20N4O4/c1-16-6-5-14-10(16)9-17(2)12(20)15-13(11(18)19)3-7-21-8-4-13/h5-6H,3-4,7-9H2,1-2H3,(H,15,20)(H,18,19). The quantitative estimate of drug-likeness (QED) is 0.827. The molecule has 1 fully saturated rings. The molecule has 116 valence electrons. The van der Waals surface area contributed by atoms with Crippen molar-refractivity contribution in [1.29, 1.82) is 0 Å². The largest absolute Gasteiger partial charge is 0.480 e. The Kier molecular flexibility index (Phi) is 4.46. The van der Waals surface area contributed by atoms with Crippen LogP contribution in [0.25, 0.3) is 0 Å². The SMILES string of the molecule is CN(Cc1nccn1C)C(=O)NC1(C(=O)O)CCOCC1. The van der Waals surface area contributed by atoms with Crippen LogP contribution in [-0.4, -0.2) is 57.4 Å². The summed E-state index contributed by atoms with van der Waals surface area (Å²) >= 11 is 0. The molecule has 1 saturated heterocycles. The van der Waals surface area contributed by atoms with Crippen LogP contribution in [0.1, 0.15) is 18.7 Å². The Labute approximate surface area is 122 Å². The summed E-state index contributed by atoms with van der Waals surface area (Å²) in [5.74, 6) is -0.298. The van der Waals surface area contributed by atoms with Crippen LogP contribution in [0.5, 0.6) is 0 Å². The summed E-state index contributed by atoms with van der Waals surface area (Å²) in [6.07, 6.45) is 3.98. The van der Waals surface area contributed by atoms with E-state index in [1.54, 1.807) is 19.4 Å². The summed E-state index contributed by atoms with van der Waals surface area (Å²) in [7, 11) is 3.45. The van der Waals surface area contributed by atoms with Crippen molar-refractivity contribution >= 4 is 12.0 Å². The van der Waals surface area contributed by atoms with Gasteiger partial charge in [0, 0.05) is 52.5 Å². The Morgan fingerprint density at radius 2 is 2.19 bits per heavy atom. The number of aliphatic carboxylic acids is 1. The molecule has 0 bridgehead atoms. The maximum atomic E-state index is 12.2. The zero-order chi connectivity index (χ0) is 15.5. The minimum atomic E-state index is -1.24. The molecule has 1 aliphatic heterocycles. The number of rotatable bonds is 4. The maximum absolute atomic E-state index is 12.2. The molecule has 0 aliphatic carbocycles. The van der Waals surface area contributed by atoms with Gasteiger partial charge >= 0.3 is 12.0 Å². The lowest BCUT2D eigenvalue weighted by atomic mass is 9.90. The lowest BCUT2D eigenvalue weighted by Crippen LogP contribution is -2.59. The summed E-state index contributed by atoms with van der Waals surface area (Å²) in [4.78, 5) is 29.3. The number of amides is 2. The first-order valence-corrected chi connectivity index (χ1v) is 6.75. The van der Waals surface area contributed by atoms with Crippen LogP contribution in [0.15, 0.2) is 12.4 Å². The van der Waals surface area contributed by atoms with Crippen LogP contribution >= 0.6 is 0 Å². The molecular weight excluding hydrogens is 276 g/mol. The molecule has 0 unspecified atom stereocenters. The molecule has 0 radical (unpaired) electrons. The van der Waals surface area contributed by atoms with Crippen LogP contribution in [0, 0.1) is 0 Å². The molecule has 21 heavy (non-hydrogen) atoms. The number of carboxylic acids is 1. The van der Waals surface area contributed by atoms with Gasteiger partial charge in [0.1, 0.15) is 11.4 Å². The molecule has 1 aromatic heterocycles. The van der Waals surface area contributed by atoms with Gasteiger partial charge in [0.2, 0.25) is 0 Å². The molecule has 2 rings (SSSR count). The molecule has 2 N–H and O–H groups in total. The first kappa shape index (κ1) is 15.3. The van der Waals surface area contributed by atoms with E-state index in [-0.39, 0.29) is 12.8 Å². The highest BCUT2D eigenvalue weighted by molar-refractivity contribution is 5.86. The van der Waals surface area contributed by atoms with E-state index < -0.39 is 17.5 Å². The Morgan fingerprint density at radius 1 is 1.52 bits per heavy atom. The van der Waals surface area contributed by atoms with Crippen LogP contribution in [-0.2, 0) is 23.1 Å². The fourth-order valence-electron chi connectivity index (χ4n) is 2.25. The van der Waals surface area contributed by atoms with E-state index in [4.69, 9.17) is 4.74 Å². The van der Waals surface area contributed by atoms with Gasteiger partial charge in [-0.3, -0.25) is 0 Å². The minimum absolute atomic E-state index is 0.268. The number of ether oxygens (including phenoxy) is 1. The highest BCUT2D eigenvalue weighted by Crippen LogP contribution is 2.21. The molecule has 8 nitrogen and oxygen atoms in total. The zero-order valence-corrected chi connectivity index (χ0v) is 12.2. The lowest BCUT2D eigenvalue weighted by Gasteiger charge is -2.35. The number of carbonyl (C=O) groups excluding carboxylic acids is 1. The molecule has 1 aliphatic rings. The normalized spacial score (nSPS) is 17.2. The van der Waals surface area contributed by atoms with Gasteiger partial charge in [-0.25, -0.2) is 14.6 Å². The Morgan fingerprint density at radius 3 is 2.71 bits per heavy atom. The monoisotopic (exact) mass is 296 g/mol. The van der Waals surface area contributed by atoms with Crippen molar-refractivity contribution in [2.45, 2.75) is 24.9 Å². The first-order chi connectivity index (χ1) is 9.94. The number of aryl methyl sites for hydroxylation is 1. The predicted octanol–water partition coefficient (Wildman–Crippen LogP) is 0.195. The number of aromatic nitrogens is 2. The second kappa shape index (κ2) is 6.13. The van der Waals surface area contributed by atoms with E-state index >= 15 is 0 Å². The van der Waals surface area contributed by atoms with Gasteiger partial charge < -0.3 is 24.6 Å². The number of imidazole rings is 1. The third kappa shape index (κ3) is 3.33. The number of nitrogens with one attached hydrogen (secondary N) is 1. The van der Waals surface area contributed by atoms with E-state index in [1.165, 1.54) is 4.90 Å². The van der Waals surface area contributed by atoms with Gasteiger partial charge in [0.05, 0.1) is 6.54 Å². The third-order valence-corrected chi connectivity index (χ3v) is 3.75. The van der Waals surface area contributed by atoms with E-state index in [1.807, 2.05) is 11.6 Å². The second-order valence-corrected chi connectivity index (χ2v) is 5.24. The van der Waals surface area contributed by atoms with Gasteiger partial charge in [-0.2, -0.15) is 0 Å². The molecule has 0 saturated carbocycles. The molecular formula is C13H20N4O4. The fraction of sp³-hybridized carbons (Fsp3) is 0.615. The van der Waals surface area contributed by atoms with Crippen LogP contribution < -0.4 is 5.32 Å². The average Bonchev–Trinajstić information content (AvgIpc) is 2.85. The maximum Gasteiger partial charge on any atom is 0.329 e. The summed E-state index contributed by atoms with van der Waals surface area (Å²) in [6.45, 7) is 0.965. The molecule has 0 aromatic carbocycles. The average molecular weight is 296 g/mol. The van der Waals surface area contributed by atoms with Gasteiger partial charge in [-0.1, -0.05) is 0 Å². The number of nitrogens with zero attached hydrogens (tertiary/aromatic N) is 3. The minimum Gasteiger partial charge on any atom is -0.480 e. The van der Waals surface area contributed by atoms with Crippen molar-refractivity contribution in [2.24, 2.45) is 7.05 Å². The Bertz CT molecular complexity index is 522. The van der Waals surface area contributed by atoms with Gasteiger partial charge in [0.25, 0.3) is 0 Å². The van der Waals surface area contributed by atoms with Crippen LogP contribution in [0.3, 0.4) is 0 Å². The number of hydrogen-bond donors (Lipinski definition) is 2. The molecule has 1 aromatic rings. The second-order valence-electron chi connectivity index (χ2n) is 5.24. The number of urea groups is 1. The van der Waals surface area contributed by atoms with Crippen molar-refractivity contribution in [2.75, 3.05) is 20.3 Å². The predicted molar refractivity (Wildman–Crippen MR) is 73.6 cm³/mol. The van der Waals surface area contributed by atoms with E-state index in [0.29, 0.717) is 19.8 Å². The van der Waals surface area contributed by atoms with Crippen LogP contribution in [0.2, 0.25) is 0 Å². The van der Waals surface area contributed by atoms with Crippen LogP contribution in [0.4, 0.5) is 4.79 Å². The van der Waals surface area contributed by atoms with Crippen molar-refractivity contribution in [1.82, 2.24) is 19.8 Å². The molecule has 2 amide bonds. The highest BCUT2D eigenvalue weighted by Gasteiger charge is 2.42. The van der Waals surface area contributed by atoms with E-state index in [0.717, 1.165) is 5.82 Å². The number of hydrogen-bond acceptors (Lipinski definition) is 4. The fourth-order valence-corrected chi connectivity index (χ4v) is 2.25. The van der Waals surface area contributed by atoms with Crippen molar-refractivity contribution in [3.8, 4) is 0 Å². The van der Waals surface area contributed by atoms with Crippen molar-refractivity contribution in [3.63, 3.8) is 0 Å². The zero-order valence-electron chi connectivity index (χ0n) is 12.2. The van der Waals surface area contributed by atoms with E-state index in [9.17, 15) is 14.7 Å². The lowest BCUT2D eigenvalue weighted by molar-refractivity contribution is -0.148. The van der Waals surface area contributed by atoms with Crippen molar-refractivity contribution < 1.29 is 19.4 Å². The molecule has 0 atom stereocenters. The summed E-state index contributed by atoms with van der Waals surface area (Å²) in [6, 6.07) is -0.428. The van der Waals surface area contributed by atoms with E-state index in [2.05, 4.69) is 10.3 Å². The molecule has 0 spiro atoms. The Balaban J connectivity index is 2.01. The van der Waals surface area contributed by atoms with Gasteiger partial charge in [0.15, 0.2) is 0 Å². The van der Waals surface area contributed by atoms with Gasteiger partial charge in [-0.05, 0) is 0 Å². The number of carboxylic acid groups (broad SMARTS) is 1. The summed E-state index contributed by atoms with van der Waals surface area (Å²) in [5, 5.41) is 12.0. The Hall–Kier alpha value is -2.09. The topological polar surface area (TPSA) is 96.7 Å². The summed E-state index contributed by atoms with van der Waals surface area (Å²) < 4.78 is 6.99. The van der Waals surface area contributed by atoms with Gasteiger partial charge in [-0.15, -0.1) is 0 Å². The molecule has 2 heterocycles. The first-order valence-electron chi connectivity index (χ1n) is 6.75. The molecule has 8 heteroatoms. The number of carbonyl (C=O) groups is 2.